The number of amides is 2. The zero-order valence-electron chi connectivity index (χ0n) is 18.0. The highest BCUT2D eigenvalue weighted by atomic mass is 19.1. The van der Waals surface area contributed by atoms with E-state index in [9.17, 15) is 14.0 Å². The third-order valence-electron chi connectivity index (χ3n) is 6.06. The van der Waals surface area contributed by atoms with Crippen LogP contribution in [-0.2, 0) is 9.59 Å². The standard InChI is InChI=1S/C23H34FN3O2/c1-22(2,3)25-20(28)16-23(10-4-5-11-23)17-21(29)27-14-12-26(13-15-27)19-8-6-18(24)7-9-19/h6-9H,4-5,10-17H2,1-3H3,(H,25,28). The van der Waals surface area contributed by atoms with Crippen molar-refractivity contribution in [1.82, 2.24) is 10.2 Å². The second-order valence-electron chi connectivity index (χ2n) is 9.70. The lowest BCUT2D eigenvalue weighted by atomic mass is 9.78. The fourth-order valence-electron chi connectivity index (χ4n) is 4.64. The van der Waals surface area contributed by atoms with Crippen molar-refractivity contribution in [3.63, 3.8) is 0 Å². The summed E-state index contributed by atoms with van der Waals surface area (Å²) in [6, 6.07) is 6.51. The number of benzene rings is 1. The molecule has 160 valence electrons. The number of carbonyl (C=O) groups excluding carboxylic acids is 2. The number of halogens is 1. The molecule has 0 radical (unpaired) electrons. The average molecular weight is 404 g/mol. The predicted octanol–water partition coefficient (Wildman–Crippen LogP) is 3.73. The molecular weight excluding hydrogens is 369 g/mol. The summed E-state index contributed by atoms with van der Waals surface area (Å²) >= 11 is 0. The van der Waals surface area contributed by atoms with E-state index in [0.717, 1.165) is 44.5 Å². The summed E-state index contributed by atoms with van der Waals surface area (Å²) in [7, 11) is 0. The molecule has 3 rings (SSSR count). The van der Waals surface area contributed by atoms with Gasteiger partial charge in [0.1, 0.15) is 5.82 Å². The van der Waals surface area contributed by atoms with Crippen LogP contribution in [0.2, 0.25) is 0 Å². The lowest BCUT2D eigenvalue weighted by Gasteiger charge is -2.38. The molecule has 0 bridgehead atoms. The van der Waals surface area contributed by atoms with E-state index in [1.807, 2.05) is 25.7 Å². The van der Waals surface area contributed by atoms with Gasteiger partial charge in [-0.15, -0.1) is 0 Å². The van der Waals surface area contributed by atoms with Gasteiger partial charge in [0.15, 0.2) is 0 Å². The Labute approximate surface area is 173 Å². The highest BCUT2D eigenvalue weighted by Crippen LogP contribution is 2.44. The normalized spacial score (nSPS) is 19.3. The largest absolute Gasteiger partial charge is 0.368 e. The maximum Gasteiger partial charge on any atom is 0.223 e. The average Bonchev–Trinajstić information content (AvgIpc) is 3.08. The monoisotopic (exact) mass is 403 g/mol. The molecular formula is C23H34FN3O2. The molecule has 1 saturated carbocycles. The Hall–Kier alpha value is -2.11. The molecule has 29 heavy (non-hydrogen) atoms. The number of carbonyl (C=O) groups is 2. The molecule has 1 heterocycles. The molecule has 1 saturated heterocycles. The van der Waals surface area contributed by atoms with Crippen LogP contribution < -0.4 is 10.2 Å². The first-order valence-electron chi connectivity index (χ1n) is 10.8. The minimum absolute atomic E-state index is 0.0494. The Bertz CT molecular complexity index is 713. The van der Waals surface area contributed by atoms with Crippen LogP contribution in [0.3, 0.4) is 0 Å². The Kier molecular flexibility index (Phi) is 6.49. The maximum atomic E-state index is 13.1. The van der Waals surface area contributed by atoms with Crippen molar-refractivity contribution in [3.05, 3.63) is 30.1 Å². The van der Waals surface area contributed by atoms with Gasteiger partial charge in [0.25, 0.3) is 0 Å². The van der Waals surface area contributed by atoms with Gasteiger partial charge in [-0.2, -0.15) is 0 Å². The van der Waals surface area contributed by atoms with Crippen LogP contribution in [0.15, 0.2) is 24.3 Å². The van der Waals surface area contributed by atoms with Crippen molar-refractivity contribution in [2.24, 2.45) is 5.41 Å². The smallest absolute Gasteiger partial charge is 0.223 e. The van der Waals surface area contributed by atoms with Crippen molar-refractivity contribution in [3.8, 4) is 0 Å². The SMILES string of the molecule is CC(C)(C)NC(=O)CC1(CC(=O)N2CCN(c3ccc(F)cc3)CC2)CCCC1. The topological polar surface area (TPSA) is 52.7 Å². The summed E-state index contributed by atoms with van der Waals surface area (Å²) in [5, 5.41) is 3.05. The summed E-state index contributed by atoms with van der Waals surface area (Å²) < 4.78 is 13.1. The van der Waals surface area contributed by atoms with Gasteiger partial charge in [0.05, 0.1) is 0 Å². The molecule has 0 atom stereocenters. The van der Waals surface area contributed by atoms with E-state index in [2.05, 4.69) is 10.2 Å². The molecule has 6 heteroatoms. The highest BCUT2D eigenvalue weighted by molar-refractivity contribution is 5.81. The van der Waals surface area contributed by atoms with E-state index in [-0.39, 0.29) is 28.6 Å². The quantitative estimate of drug-likeness (QED) is 0.815. The summed E-state index contributed by atoms with van der Waals surface area (Å²) in [6.45, 7) is 8.78. The number of nitrogens with zero attached hydrogens (tertiary/aromatic N) is 2. The van der Waals surface area contributed by atoms with Gasteiger partial charge in [-0.25, -0.2) is 4.39 Å². The van der Waals surface area contributed by atoms with E-state index in [4.69, 9.17) is 0 Å². The lowest BCUT2D eigenvalue weighted by Crippen LogP contribution is -2.50. The second kappa shape index (κ2) is 8.72. The van der Waals surface area contributed by atoms with Crippen molar-refractivity contribution >= 4 is 17.5 Å². The molecule has 2 fully saturated rings. The fraction of sp³-hybridized carbons (Fsp3) is 0.652. The van der Waals surface area contributed by atoms with Crippen molar-refractivity contribution < 1.29 is 14.0 Å². The summed E-state index contributed by atoms with van der Waals surface area (Å²) in [4.78, 5) is 29.7. The number of nitrogens with one attached hydrogen (secondary N) is 1. The van der Waals surface area contributed by atoms with Gasteiger partial charge in [0, 0.05) is 50.2 Å². The van der Waals surface area contributed by atoms with E-state index in [1.54, 1.807) is 12.1 Å². The van der Waals surface area contributed by atoms with Crippen LogP contribution in [0.5, 0.6) is 0 Å². The first-order chi connectivity index (χ1) is 13.7. The van der Waals surface area contributed by atoms with E-state index >= 15 is 0 Å². The predicted molar refractivity (Wildman–Crippen MR) is 113 cm³/mol. The van der Waals surface area contributed by atoms with Crippen molar-refractivity contribution in [2.45, 2.75) is 64.8 Å². The molecule has 2 aliphatic rings. The van der Waals surface area contributed by atoms with Crippen LogP contribution >= 0.6 is 0 Å². The summed E-state index contributed by atoms with van der Waals surface area (Å²) in [5.41, 5.74) is 0.544. The van der Waals surface area contributed by atoms with Gasteiger partial charge < -0.3 is 15.1 Å². The number of piperazine rings is 1. The lowest BCUT2D eigenvalue weighted by molar-refractivity contribution is -0.135. The molecule has 0 unspecified atom stereocenters. The summed E-state index contributed by atoms with van der Waals surface area (Å²) in [6.07, 6.45) is 4.98. The van der Waals surface area contributed by atoms with Crippen LogP contribution in [0.1, 0.15) is 59.3 Å². The van der Waals surface area contributed by atoms with E-state index < -0.39 is 0 Å². The first kappa shape index (κ1) is 21.6. The zero-order valence-corrected chi connectivity index (χ0v) is 18.0. The number of hydrogen-bond acceptors (Lipinski definition) is 3. The van der Waals surface area contributed by atoms with Crippen LogP contribution in [0.4, 0.5) is 10.1 Å². The Morgan fingerprint density at radius 3 is 2.14 bits per heavy atom. The van der Waals surface area contributed by atoms with Crippen molar-refractivity contribution in [2.75, 3.05) is 31.1 Å². The Balaban J connectivity index is 1.55. The Morgan fingerprint density at radius 2 is 1.59 bits per heavy atom. The molecule has 1 aromatic carbocycles. The zero-order chi connectivity index (χ0) is 21.1. The molecule has 1 aliphatic heterocycles. The van der Waals surface area contributed by atoms with Gasteiger partial charge in [-0.3, -0.25) is 9.59 Å². The maximum absolute atomic E-state index is 13.1. The van der Waals surface area contributed by atoms with Gasteiger partial charge in [-0.1, -0.05) is 12.8 Å². The number of hydrogen-bond donors (Lipinski definition) is 1. The molecule has 0 aromatic heterocycles. The van der Waals surface area contributed by atoms with Gasteiger partial charge in [-0.05, 0) is 63.3 Å². The Morgan fingerprint density at radius 1 is 1.00 bits per heavy atom. The molecule has 5 nitrogen and oxygen atoms in total. The summed E-state index contributed by atoms with van der Waals surface area (Å²) in [5.74, 6) is -0.0255. The number of rotatable bonds is 5. The molecule has 1 N–H and O–H groups in total. The second-order valence-corrected chi connectivity index (χ2v) is 9.70. The third-order valence-corrected chi connectivity index (χ3v) is 6.06. The third kappa shape index (κ3) is 5.94. The van der Waals surface area contributed by atoms with Crippen molar-refractivity contribution in [1.29, 1.82) is 0 Å². The van der Waals surface area contributed by atoms with Crippen LogP contribution in [0.25, 0.3) is 0 Å². The number of anilines is 1. The van der Waals surface area contributed by atoms with E-state index in [1.165, 1.54) is 12.1 Å². The minimum atomic E-state index is -0.252. The van der Waals surface area contributed by atoms with Gasteiger partial charge in [0.2, 0.25) is 11.8 Å². The van der Waals surface area contributed by atoms with E-state index in [0.29, 0.717) is 25.9 Å². The van der Waals surface area contributed by atoms with Gasteiger partial charge >= 0.3 is 0 Å². The van der Waals surface area contributed by atoms with Crippen LogP contribution in [-0.4, -0.2) is 48.4 Å². The van der Waals surface area contributed by atoms with Crippen LogP contribution in [0, 0.1) is 11.2 Å². The fourth-order valence-corrected chi connectivity index (χ4v) is 4.64. The minimum Gasteiger partial charge on any atom is -0.368 e. The highest BCUT2D eigenvalue weighted by Gasteiger charge is 2.39. The molecule has 0 spiro atoms. The molecule has 2 amide bonds. The molecule has 1 aliphatic carbocycles. The first-order valence-corrected chi connectivity index (χ1v) is 10.8. The molecule has 1 aromatic rings.